The molecule has 1 amide bonds. The number of rotatable bonds is 6. The Morgan fingerprint density at radius 1 is 1.24 bits per heavy atom. The zero-order chi connectivity index (χ0) is 20.8. The molecule has 0 aliphatic heterocycles. The first kappa shape index (κ1) is 20.3. The first-order chi connectivity index (χ1) is 14.0. The molecule has 2 aromatic rings. The number of ether oxygens (including phenoxy) is 2. The number of ketones is 2. The average molecular weight is 416 g/mol. The van der Waals surface area contributed by atoms with Crippen LogP contribution in [0.1, 0.15) is 26.6 Å². The van der Waals surface area contributed by atoms with E-state index in [0.29, 0.717) is 11.5 Å². The Kier molecular flexibility index (Phi) is 6.45. The average Bonchev–Trinajstić information content (AvgIpc) is 3.08. The topological polar surface area (TPSA) is 125 Å². The van der Waals surface area contributed by atoms with Crippen LogP contribution < -0.4 is 10.1 Å². The van der Waals surface area contributed by atoms with Gasteiger partial charge in [-0.2, -0.15) is 0 Å². The lowest BCUT2D eigenvalue weighted by molar-refractivity contribution is -0.114. The quantitative estimate of drug-likeness (QED) is 0.557. The zero-order valence-corrected chi connectivity index (χ0v) is 16.1. The molecular weight excluding hydrogens is 400 g/mol. The van der Waals surface area contributed by atoms with Gasteiger partial charge < -0.3 is 19.3 Å². The van der Waals surface area contributed by atoms with Crippen LogP contribution in [0.2, 0.25) is 0 Å². The van der Waals surface area contributed by atoms with Crippen LogP contribution in [-0.2, 0) is 16.0 Å². The molecule has 1 aliphatic rings. The summed E-state index contributed by atoms with van der Waals surface area (Å²) in [6.45, 7) is 0.190. The standard InChI is InChI=1S/C19H16N2O7S/c1-26-18(24)16-15-13(28-21-16)9-11(22)10-14(17(15)23)29-8-7-20-19(25)27-12-5-3-2-4-6-12/h2-6,10H,7-9H2,1H3,(H,20,25). The van der Waals surface area contributed by atoms with Gasteiger partial charge in [-0.3, -0.25) is 9.59 Å². The van der Waals surface area contributed by atoms with Gasteiger partial charge in [0.1, 0.15) is 11.3 Å². The third kappa shape index (κ3) is 4.91. The monoisotopic (exact) mass is 416 g/mol. The molecule has 3 rings (SSSR count). The van der Waals surface area contributed by atoms with Crippen LogP contribution in [0.15, 0.2) is 45.8 Å². The molecule has 1 heterocycles. The van der Waals surface area contributed by atoms with Gasteiger partial charge in [0.2, 0.25) is 11.5 Å². The van der Waals surface area contributed by atoms with E-state index in [0.717, 1.165) is 18.9 Å². The molecule has 1 aromatic heterocycles. The van der Waals surface area contributed by atoms with E-state index in [1.165, 1.54) is 6.08 Å². The minimum Gasteiger partial charge on any atom is -0.464 e. The second-order valence-corrected chi connectivity index (χ2v) is 6.92. The Bertz CT molecular complexity index is 982. The summed E-state index contributed by atoms with van der Waals surface area (Å²) >= 11 is 1.06. The fourth-order valence-corrected chi connectivity index (χ4v) is 3.38. The predicted octanol–water partition coefficient (Wildman–Crippen LogP) is 2.17. The van der Waals surface area contributed by atoms with Gasteiger partial charge in [-0.1, -0.05) is 23.4 Å². The van der Waals surface area contributed by atoms with Gasteiger partial charge in [-0.05, 0) is 18.2 Å². The molecule has 0 fully saturated rings. The van der Waals surface area contributed by atoms with E-state index in [1.54, 1.807) is 30.3 Å². The van der Waals surface area contributed by atoms with Crippen molar-refractivity contribution in [2.24, 2.45) is 0 Å². The van der Waals surface area contributed by atoms with Crippen LogP contribution in [0.25, 0.3) is 0 Å². The van der Waals surface area contributed by atoms with Crippen LogP contribution in [-0.4, -0.2) is 48.2 Å². The summed E-state index contributed by atoms with van der Waals surface area (Å²) < 4.78 is 14.7. The van der Waals surface area contributed by atoms with E-state index in [9.17, 15) is 19.2 Å². The molecule has 0 saturated heterocycles. The maximum Gasteiger partial charge on any atom is 0.412 e. The molecule has 29 heavy (non-hydrogen) atoms. The molecule has 1 aliphatic carbocycles. The lowest BCUT2D eigenvalue weighted by Gasteiger charge is -2.07. The summed E-state index contributed by atoms with van der Waals surface area (Å²) in [6.07, 6.45) is 0.381. The van der Waals surface area contributed by atoms with E-state index in [2.05, 4.69) is 15.2 Å². The smallest absolute Gasteiger partial charge is 0.412 e. The fraction of sp³-hybridized carbons (Fsp3) is 0.211. The number of para-hydroxylation sites is 1. The highest BCUT2D eigenvalue weighted by molar-refractivity contribution is 8.04. The maximum absolute atomic E-state index is 12.8. The van der Waals surface area contributed by atoms with Crippen molar-refractivity contribution in [2.45, 2.75) is 6.42 Å². The summed E-state index contributed by atoms with van der Waals surface area (Å²) in [5, 5.41) is 6.11. The number of Topliss-reactive ketones (excluding diaryl/α,β-unsaturated/α-hetero) is 1. The minimum atomic E-state index is -0.827. The number of amides is 1. The second-order valence-electron chi connectivity index (χ2n) is 5.78. The van der Waals surface area contributed by atoms with Gasteiger partial charge in [-0.25, -0.2) is 9.59 Å². The molecule has 1 N–H and O–H groups in total. The number of methoxy groups -OCH3 is 1. The number of fused-ring (bicyclic) bond motifs is 1. The number of benzene rings is 1. The van der Waals surface area contributed by atoms with E-state index in [1.807, 2.05) is 0 Å². The van der Waals surface area contributed by atoms with Crippen LogP contribution >= 0.6 is 11.8 Å². The predicted molar refractivity (Wildman–Crippen MR) is 102 cm³/mol. The highest BCUT2D eigenvalue weighted by atomic mass is 32.2. The van der Waals surface area contributed by atoms with Crippen molar-refractivity contribution in [1.82, 2.24) is 10.5 Å². The summed E-state index contributed by atoms with van der Waals surface area (Å²) in [6, 6.07) is 8.56. The molecule has 10 heteroatoms. The Hall–Kier alpha value is -3.40. The maximum atomic E-state index is 12.8. The van der Waals surface area contributed by atoms with Crippen LogP contribution in [0, 0.1) is 0 Å². The van der Waals surface area contributed by atoms with Crippen molar-refractivity contribution in [3.63, 3.8) is 0 Å². The third-order valence-corrected chi connectivity index (χ3v) is 4.82. The number of hydrogen-bond acceptors (Lipinski definition) is 9. The molecule has 0 saturated carbocycles. The summed E-state index contributed by atoms with van der Waals surface area (Å²) in [4.78, 5) is 48.6. The molecule has 0 unspecified atom stereocenters. The van der Waals surface area contributed by atoms with E-state index in [-0.39, 0.29) is 40.7 Å². The SMILES string of the molecule is COC(=O)c1noc2c1C(=O)C(SCCNC(=O)Oc1ccccc1)=CC(=O)C2. The van der Waals surface area contributed by atoms with Gasteiger partial charge >= 0.3 is 12.1 Å². The Morgan fingerprint density at radius 2 is 2.00 bits per heavy atom. The highest BCUT2D eigenvalue weighted by Gasteiger charge is 2.33. The second kappa shape index (κ2) is 9.20. The van der Waals surface area contributed by atoms with Crippen molar-refractivity contribution < 1.29 is 33.2 Å². The van der Waals surface area contributed by atoms with Crippen LogP contribution in [0.3, 0.4) is 0 Å². The van der Waals surface area contributed by atoms with E-state index in [4.69, 9.17) is 9.26 Å². The lowest BCUT2D eigenvalue weighted by atomic mass is 10.1. The summed E-state index contributed by atoms with van der Waals surface area (Å²) in [5.41, 5.74) is -0.337. The van der Waals surface area contributed by atoms with Crippen molar-refractivity contribution in [3.8, 4) is 5.75 Å². The highest BCUT2D eigenvalue weighted by Crippen LogP contribution is 2.28. The normalized spacial score (nSPS) is 13.2. The zero-order valence-electron chi connectivity index (χ0n) is 15.3. The molecule has 1 aromatic carbocycles. The number of hydrogen-bond donors (Lipinski definition) is 1. The number of allylic oxidation sites excluding steroid dienone is 2. The number of thioether (sulfide) groups is 1. The minimum absolute atomic E-state index is 0.0248. The number of esters is 1. The van der Waals surface area contributed by atoms with Gasteiger partial charge in [0, 0.05) is 12.3 Å². The van der Waals surface area contributed by atoms with Crippen molar-refractivity contribution in [2.75, 3.05) is 19.4 Å². The summed E-state index contributed by atoms with van der Waals surface area (Å²) in [7, 11) is 1.15. The number of nitrogens with one attached hydrogen (secondary N) is 1. The van der Waals surface area contributed by atoms with Gasteiger partial charge in [0.15, 0.2) is 11.5 Å². The Balaban J connectivity index is 1.60. The van der Waals surface area contributed by atoms with E-state index >= 15 is 0 Å². The fourth-order valence-electron chi connectivity index (χ4n) is 2.51. The molecule has 150 valence electrons. The third-order valence-electron chi connectivity index (χ3n) is 3.80. The van der Waals surface area contributed by atoms with Crippen molar-refractivity contribution in [1.29, 1.82) is 0 Å². The summed E-state index contributed by atoms with van der Waals surface area (Å²) in [5.74, 6) is -1.01. The molecule has 0 radical (unpaired) electrons. The number of carbonyl (C=O) groups is 4. The van der Waals surface area contributed by atoms with Crippen LogP contribution in [0.5, 0.6) is 5.75 Å². The van der Waals surface area contributed by atoms with Crippen molar-refractivity contribution >= 4 is 35.4 Å². The van der Waals surface area contributed by atoms with Gasteiger partial charge in [-0.15, -0.1) is 11.8 Å². The van der Waals surface area contributed by atoms with Gasteiger partial charge in [0.25, 0.3) is 0 Å². The lowest BCUT2D eigenvalue weighted by Crippen LogP contribution is -2.28. The van der Waals surface area contributed by atoms with Crippen molar-refractivity contribution in [3.05, 3.63) is 58.3 Å². The molecule has 0 atom stereocenters. The molecule has 0 bridgehead atoms. The number of carbonyl (C=O) groups excluding carboxylic acids is 4. The van der Waals surface area contributed by atoms with Gasteiger partial charge in [0.05, 0.1) is 18.4 Å². The van der Waals surface area contributed by atoms with E-state index < -0.39 is 17.8 Å². The first-order valence-electron chi connectivity index (χ1n) is 8.49. The Morgan fingerprint density at radius 3 is 2.72 bits per heavy atom. The number of nitrogens with zero attached hydrogens (tertiary/aromatic N) is 1. The van der Waals surface area contributed by atoms with Crippen LogP contribution in [0.4, 0.5) is 4.79 Å². The largest absolute Gasteiger partial charge is 0.464 e. The number of aromatic nitrogens is 1. The Labute approximate surface area is 169 Å². The first-order valence-corrected chi connectivity index (χ1v) is 9.47. The molecule has 9 nitrogen and oxygen atoms in total. The molecule has 0 spiro atoms. The molecular formula is C19H16N2O7S.